The third-order valence-electron chi connectivity index (χ3n) is 3.07. The zero-order valence-corrected chi connectivity index (χ0v) is 13.0. The van der Waals surface area contributed by atoms with Crippen LogP contribution in [0.5, 0.6) is 0 Å². The van der Waals surface area contributed by atoms with Crippen molar-refractivity contribution in [1.29, 1.82) is 0 Å². The zero-order chi connectivity index (χ0) is 16.1. The Hall–Kier alpha value is -2.21. The number of hydrogen-bond acceptors (Lipinski definition) is 2. The van der Waals surface area contributed by atoms with Crippen molar-refractivity contribution in [2.24, 2.45) is 0 Å². The van der Waals surface area contributed by atoms with Crippen LogP contribution in [0.15, 0.2) is 53.0 Å². The van der Waals surface area contributed by atoms with Crippen LogP contribution >= 0.6 is 15.9 Å². The topological polar surface area (TPSA) is 66.4 Å². The highest BCUT2D eigenvalue weighted by molar-refractivity contribution is 9.10. The molecule has 22 heavy (non-hydrogen) atoms. The van der Waals surface area contributed by atoms with E-state index < -0.39 is 23.7 Å². The number of carbonyl (C=O) groups excluding carboxylic acids is 1. The molecule has 1 amide bonds. The average Bonchev–Trinajstić information content (AvgIpc) is 2.48. The van der Waals surface area contributed by atoms with Crippen molar-refractivity contribution in [2.45, 2.75) is 12.5 Å². The van der Waals surface area contributed by atoms with Gasteiger partial charge in [0.15, 0.2) is 0 Å². The van der Waals surface area contributed by atoms with Gasteiger partial charge in [0, 0.05) is 16.5 Å². The van der Waals surface area contributed by atoms with Gasteiger partial charge in [-0.3, -0.25) is 4.79 Å². The smallest absolute Gasteiger partial charge is 0.326 e. The largest absolute Gasteiger partial charge is 0.480 e. The number of rotatable bonds is 5. The van der Waals surface area contributed by atoms with Gasteiger partial charge in [-0.25, -0.2) is 9.18 Å². The van der Waals surface area contributed by atoms with Crippen LogP contribution in [0.25, 0.3) is 0 Å². The summed E-state index contributed by atoms with van der Waals surface area (Å²) in [5.41, 5.74) is 0.841. The minimum absolute atomic E-state index is 0.0818. The molecule has 0 aliphatic rings. The number of halogens is 2. The van der Waals surface area contributed by atoms with Crippen molar-refractivity contribution in [3.63, 3.8) is 0 Å². The van der Waals surface area contributed by atoms with Crippen LogP contribution < -0.4 is 5.32 Å². The van der Waals surface area contributed by atoms with E-state index in [-0.39, 0.29) is 12.0 Å². The van der Waals surface area contributed by atoms with Crippen LogP contribution in [0, 0.1) is 5.82 Å². The number of nitrogens with one attached hydrogen (secondary N) is 1. The molecule has 0 heterocycles. The van der Waals surface area contributed by atoms with Gasteiger partial charge in [0.25, 0.3) is 5.91 Å². The van der Waals surface area contributed by atoms with E-state index in [4.69, 9.17) is 0 Å². The molecular weight excluding hydrogens is 353 g/mol. The Labute approximate surface area is 135 Å². The summed E-state index contributed by atoms with van der Waals surface area (Å²) in [6.45, 7) is 0. The van der Waals surface area contributed by atoms with Crippen molar-refractivity contribution >= 4 is 27.8 Å². The van der Waals surface area contributed by atoms with Crippen LogP contribution in [0.1, 0.15) is 15.9 Å². The van der Waals surface area contributed by atoms with Crippen molar-refractivity contribution in [2.75, 3.05) is 0 Å². The van der Waals surface area contributed by atoms with E-state index in [9.17, 15) is 19.1 Å². The number of carboxylic acid groups (broad SMARTS) is 1. The first-order valence-electron chi connectivity index (χ1n) is 6.50. The van der Waals surface area contributed by atoms with Crippen LogP contribution in [0.2, 0.25) is 0 Å². The third kappa shape index (κ3) is 4.14. The maximum absolute atomic E-state index is 13.1. The lowest BCUT2D eigenvalue weighted by Crippen LogP contribution is -2.42. The summed E-state index contributed by atoms with van der Waals surface area (Å²) in [6.07, 6.45) is 0.123. The molecule has 1 atom stereocenters. The molecule has 0 aromatic heterocycles. The maximum Gasteiger partial charge on any atom is 0.326 e. The molecule has 0 aliphatic carbocycles. The normalized spacial score (nSPS) is 11.7. The van der Waals surface area contributed by atoms with Crippen molar-refractivity contribution in [3.05, 3.63) is 69.9 Å². The molecule has 114 valence electrons. The first-order valence-corrected chi connectivity index (χ1v) is 7.29. The number of amides is 1. The quantitative estimate of drug-likeness (QED) is 0.855. The minimum Gasteiger partial charge on any atom is -0.480 e. The molecule has 0 fully saturated rings. The van der Waals surface area contributed by atoms with E-state index in [1.54, 1.807) is 18.2 Å². The second kappa shape index (κ2) is 7.17. The van der Waals surface area contributed by atoms with Crippen LogP contribution in [-0.2, 0) is 11.2 Å². The highest BCUT2D eigenvalue weighted by atomic mass is 79.9. The lowest BCUT2D eigenvalue weighted by atomic mass is 10.1. The second-order valence-corrected chi connectivity index (χ2v) is 5.52. The molecule has 0 unspecified atom stereocenters. The number of aliphatic carboxylic acids is 1. The summed E-state index contributed by atoms with van der Waals surface area (Å²) in [7, 11) is 0. The molecule has 4 nitrogen and oxygen atoms in total. The molecule has 0 radical (unpaired) electrons. The van der Waals surface area contributed by atoms with Crippen molar-refractivity contribution < 1.29 is 19.1 Å². The standard InChI is InChI=1S/C16H13BrFNO3/c17-13-7-2-1-4-10(13)9-14(16(21)22)19-15(20)11-5-3-6-12(18)8-11/h1-8,14H,9H2,(H,19,20)(H,21,22)/t14-/m1/s1. The van der Waals surface area contributed by atoms with Crippen LogP contribution in [0.3, 0.4) is 0 Å². The minimum atomic E-state index is -1.15. The number of carbonyl (C=O) groups is 2. The molecule has 0 saturated carbocycles. The molecular formula is C16H13BrFNO3. The van der Waals surface area contributed by atoms with Crippen LogP contribution in [0.4, 0.5) is 4.39 Å². The van der Waals surface area contributed by atoms with E-state index in [1.165, 1.54) is 18.2 Å². The molecule has 2 aromatic rings. The van der Waals surface area contributed by atoms with E-state index in [2.05, 4.69) is 21.2 Å². The Morgan fingerprint density at radius 1 is 1.18 bits per heavy atom. The molecule has 2 aromatic carbocycles. The van der Waals surface area contributed by atoms with Gasteiger partial charge in [-0.2, -0.15) is 0 Å². The van der Waals surface area contributed by atoms with E-state index in [0.29, 0.717) is 0 Å². The molecule has 6 heteroatoms. The fourth-order valence-electron chi connectivity index (χ4n) is 1.96. The summed E-state index contributed by atoms with van der Waals surface area (Å²) in [5, 5.41) is 11.7. The Kier molecular flexibility index (Phi) is 5.27. The SMILES string of the molecule is O=C(N[C@H](Cc1ccccc1Br)C(=O)O)c1cccc(F)c1. The van der Waals surface area contributed by atoms with Gasteiger partial charge in [-0.1, -0.05) is 40.2 Å². The lowest BCUT2D eigenvalue weighted by Gasteiger charge is -2.15. The first-order chi connectivity index (χ1) is 10.5. The predicted octanol–water partition coefficient (Wildman–Crippen LogP) is 3.01. The molecule has 2 rings (SSSR count). The summed E-state index contributed by atoms with van der Waals surface area (Å²) in [4.78, 5) is 23.4. The second-order valence-electron chi connectivity index (χ2n) is 4.67. The summed E-state index contributed by atoms with van der Waals surface area (Å²) in [6, 6.07) is 11.2. The van der Waals surface area contributed by atoms with Gasteiger partial charge in [0.2, 0.25) is 0 Å². The van der Waals surface area contributed by atoms with E-state index in [1.807, 2.05) is 6.07 Å². The molecule has 0 bridgehead atoms. The van der Waals surface area contributed by atoms with E-state index in [0.717, 1.165) is 16.1 Å². The molecule has 0 spiro atoms. The fraction of sp³-hybridized carbons (Fsp3) is 0.125. The molecule has 2 N–H and O–H groups in total. The third-order valence-corrected chi connectivity index (χ3v) is 3.85. The Morgan fingerprint density at radius 3 is 2.55 bits per heavy atom. The van der Waals surface area contributed by atoms with Gasteiger partial charge < -0.3 is 10.4 Å². The van der Waals surface area contributed by atoms with Crippen molar-refractivity contribution in [1.82, 2.24) is 5.32 Å². The Balaban J connectivity index is 2.14. The zero-order valence-electron chi connectivity index (χ0n) is 11.4. The first kappa shape index (κ1) is 16.2. The summed E-state index contributed by atoms with van der Waals surface area (Å²) < 4.78 is 13.9. The van der Waals surface area contributed by atoms with Gasteiger partial charge in [-0.05, 0) is 29.8 Å². The highest BCUT2D eigenvalue weighted by Crippen LogP contribution is 2.17. The summed E-state index contributed by atoms with van der Waals surface area (Å²) in [5.74, 6) is -2.33. The summed E-state index contributed by atoms with van der Waals surface area (Å²) >= 11 is 3.34. The van der Waals surface area contributed by atoms with Gasteiger partial charge in [-0.15, -0.1) is 0 Å². The Morgan fingerprint density at radius 2 is 1.91 bits per heavy atom. The molecule has 0 aliphatic heterocycles. The van der Waals surface area contributed by atoms with Crippen LogP contribution in [-0.4, -0.2) is 23.0 Å². The Bertz CT molecular complexity index is 705. The monoisotopic (exact) mass is 365 g/mol. The number of benzene rings is 2. The average molecular weight is 366 g/mol. The van der Waals surface area contributed by atoms with Crippen molar-refractivity contribution in [3.8, 4) is 0 Å². The fourth-order valence-corrected chi connectivity index (χ4v) is 2.40. The van der Waals surface area contributed by atoms with Gasteiger partial charge in [0.05, 0.1) is 0 Å². The maximum atomic E-state index is 13.1. The number of hydrogen-bond donors (Lipinski definition) is 2. The number of carboxylic acids is 1. The lowest BCUT2D eigenvalue weighted by molar-refractivity contribution is -0.139. The highest BCUT2D eigenvalue weighted by Gasteiger charge is 2.22. The molecule has 0 saturated heterocycles. The van der Waals surface area contributed by atoms with E-state index >= 15 is 0 Å². The van der Waals surface area contributed by atoms with Gasteiger partial charge >= 0.3 is 5.97 Å². The van der Waals surface area contributed by atoms with Gasteiger partial charge in [0.1, 0.15) is 11.9 Å². The predicted molar refractivity (Wildman–Crippen MR) is 83.1 cm³/mol.